The second-order valence-corrected chi connectivity index (χ2v) is 7.45. The van der Waals surface area contributed by atoms with Gasteiger partial charge in [-0.05, 0) is 49.4 Å². The van der Waals surface area contributed by atoms with E-state index in [9.17, 15) is 4.79 Å². The Balaban J connectivity index is 1.71. The van der Waals surface area contributed by atoms with Gasteiger partial charge in [-0.25, -0.2) is 0 Å². The first-order valence-corrected chi connectivity index (χ1v) is 10.1. The lowest BCUT2D eigenvalue weighted by Crippen LogP contribution is -2.05. The summed E-state index contributed by atoms with van der Waals surface area (Å²) in [6.07, 6.45) is 1.74. The van der Waals surface area contributed by atoms with Crippen molar-refractivity contribution >= 4 is 17.5 Å². The molecule has 0 aliphatic rings. The molecule has 0 saturated heterocycles. The van der Waals surface area contributed by atoms with Gasteiger partial charge in [0.05, 0.1) is 18.6 Å². The number of aromatic amines is 1. The fourth-order valence-electron chi connectivity index (χ4n) is 3.01. The number of hydrogen-bond donors (Lipinski definition) is 1. The zero-order valence-electron chi connectivity index (χ0n) is 16.1. The molecule has 4 rings (SSSR count). The maximum absolute atomic E-state index is 12.4. The molecule has 0 bridgehead atoms. The van der Waals surface area contributed by atoms with E-state index in [1.807, 2.05) is 60.0 Å². The predicted molar refractivity (Wildman–Crippen MR) is 114 cm³/mol. The van der Waals surface area contributed by atoms with E-state index in [2.05, 4.69) is 21.2 Å². The van der Waals surface area contributed by atoms with Crippen LogP contribution in [0.5, 0.6) is 5.75 Å². The lowest BCUT2D eigenvalue weighted by atomic mass is 10.1. The summed E-state index contributed by atoms with van der Waals surface area (Å²) < 4.78 is 7.25. The monoisotopic (exact) mass is 404 g/mol. The smallest absolute Gasteiger partial charge is 0.196 e. The summed E-state index contributed by atoms with van der Waals surface area (Å²) in [5.74, 6) is 1.79. The summed E-state index contributed by atoms with van der Waals surface area (Å²) in [6, 6.07) is 19.4. The van der Waals surface area contributed by atoms with Crippen LogP contribution in [-0.2, 0) is 0 Å². The number of Topliss-reactive ketones (excluding diaryl/α,β-unsaturated/α-hetero) is 1. The highest BCUT2D eigenvalue weighted by atomic mass is 32.2. The van der Waals surface area contributed by atoms with Gasteiger partial charge in [0.15, 0.2) is 16.8 Å². The number of benzene rings is 2. The van der Waals surface area contributed by atoms with Crippen molar-refractivity contribution in [1.82, 2.24) is 19.7 Å². The molecule has 0 aliphatic heterocycles. The minimum atomic E-state index is 0.0152. The van der Waals surface area contributed by atoms with Crippen LogP contribution in [0.3, 0.4) is 0 Å². The Morgan fingerprint density at radius 3 is 2.62 bits per heavy atom. The van der Waals surface area contributed by atoms with E-state index in [1.54, 1.807) is 19.4 Å². The summed E-state index contributed by atoms with van der Waals surface area (Å²) in [5, 5.41) is 9.46. The van der Waals surface area contributed by atoms with Crippen molar-refractivity contribution in [2.45, 2.75) is 12.1 Å². The molecule has 0 radical (unpaired) electrons. The van der Waals surface area contributed by atoms with Crippen LogP contribution in [0, 0.1) is 6.92 Å². The highest BCUT2D eigenvalue weighted by molar-refractivity contribution is 7.99. The maximum Gasteiger partial charge on any atom is 0.196 e. The Morgan fingerprint density at radius 1 is 1.10 bits per heavy atom. The van der Waals surface area contributed by atoms with E-state index in [-0.39, 0.29) is 11.5 Å². The molecule has 0 fully saturated rings. The SMILES string of the molecule is COc1ccc(-n2c(SCC(=O)c3ccc[nH]3)nnc2-c2cccc(C)c2)cc1. The van der Waals surface area contributed by atoms with E-state index in [0.29, 0.717) is 10.9 Å². The Hall–Kier alpha value is -3.32. The van der Waals surface area contributed by atoms with Gasteiger partial charge in [0.1, 0.15) is 5.75 Å². The number of nitrogens with one attached hydrogen (secondary N) is 1. The molecule has 7 heteroatoms. The number of ketones is 1. The number of aromatic nitrogens is 4. The van der Waals surface area contributed by atoms with E-state index >= 15 is 0 Å². The molecule has 2 aromatic carbocycles. The third-order valence-corrected chi connectivity index (χ3v) is 5.40. The second-order valence-electron chi connectivity index (χ2n) is 6.50. The number of thioether (sulfide) groups is 1. The number of carbonyl (C=O) groups excluding carboxylic acids is 1. The van der Waals surface area contributed by atoms with Crippen LogP contribution in [0.2, 0.25) is 0 Å². The van der Waals surface area contributed by atoms with Crippen molar-refractivity contribution in [1.29, 1.82) is 0 Å². The number of ether oxygens (including phenoxy) is 1. The van der Waals surface area contributed by atoms with Crippen molar-refractivity contribution in [3.8, 4) is 22.8 Å². The highest BCUT2D eigenvalue weighted by Gasteiger charge is 2.18. The summed E-state index contributed by atoms with van der Waals surface area (Å²) in [7, 11) is 1.64. The summed E-state index contributed by atoms with van der Waals surface area (Å²) in [4.78, 5) is 15.4. The molecule has 0 amide bonds. The maximum atomic E-state index is 12.4. The lowest BCUT2D eigenvalue weighted by Gasteiger charge is -2.11. The third-order valence-electron chi connectivity index (χ3n) is 4.47. The average molecular weight is 404 g/mol. The van der Waals surface area contributed by atoms with Gasteiger partial charge in [0, 0.05) is 17.4 Å². The van der Waals surface area contributed by atoms with Crippen molar-refractivity contribution in [3.63, 3.8) is 0 Å². The highest BCUT2D eigenvalue weighted by Crippen LogP contribution is 2.29. The van der Waals surface area contributed by atoms with Gasteiger partial charge >= 0.3 is 0 Å². The van der Waals surface area contributed by atoms with Gasteiger partial charge in [-0.15, -0.1) is 10.2 Å². The molecule has 4 aromatic rings. The quantitative estimate of drug-likeness (QED) is 0.361. The predicted octanol–water partition coefficient (Wildman–Crippen LogP) is 4.55. The van der Waals surface area contributed by atoms with Gasteiger partial charge in [0.25, 0.3) is 0 Å². The molecule has 2 aromatic heterocycles. The zero-order chi connectivity index (χ0) is 20.2. The normalized spacial score (nSPS) is 10.8. The fraction of sp³-hybridized carbons (Fsp3) is 0.136. The average Bonchev–Trinajstić information content (AvgIpc) is 3.42. The Morgan fingerprint density at radius 2 is 1.93 bits per heavy atom. The van der Waals surface area contributed by atoms with Crippen LogP contribution in [0.4, 0.5) is 0 Å². The first-order chi connectivity index (χ1) is 14.2. The molecular weight excluding hydrogens is 384 g/mol. The Kier molecular flexibility index (Phi) is 5.48. The van der Waals surface area contributed by atoms with Crippen molar-refractivity contribution in [2.24, 2.45) is 0 Å². The molecule has 0 aliphatic carbocycles. The van der Waals surface area contributed by atoms with Crippen LogP contribution in [0.15, 0.2) is 72.0 Å². The van der Waals surface area contributed by atoms with Gasteiger partial charge in [0.2, 0.25) is 0 Å². The molecule has 0 saturated carbocycles. The molecule has 1 N–H and O–H groups in total. The van der Waals surface area contributed by atoms with E-state index in [1.165, 1.54) is 11.8 Å². The van der Waals surface area contributed by atoms with Crippen LogP contribution < -0.4 is 4.74 Å². The molecule has 29 heavy (non-hydrogen) atoms. The first-order valence-electron chi connectivity index (χ1n) is 9.12. The standard InChI is InChI=1S/C22H20N4O2S/c1-15-5-3-6-16(13-15)21-24-25-22(29-14-20(27)19-7-4-12-23-19)26(21)17-8-10-18(28-2)11-9-17/h3-13,23H,14H2,1-2H3. The second kappa shape index (κ2) is 8.36. The molecule has 0 atom stereocenters. The number of carbonyl (C=O) groups is 1. The van der Waals surface area contributed by atoms with Crippen molar-refractivity contribution in [3.05, 3.63) is 78.1 Å². The van der Waals surface area contributed by atoms with Gasteiger partial charge in [-0.3, -0.25) is 9.36 Å². The van der Waals surface area contributed by atoms with E-state index < -0.39 is 0 Å². The zero-order valence-corrected chi connectivity index (χ0v) is 16.9. The van der Waals surface area contributed by atoms with Gasteiger partial charge in [-0.1, -0.05) is 35.5 Å². The minimum absolute atomic E-state index is 0.0152. The Bertz CT molecular complexity index is 1120. The summed E-state index contributed by atoms with van der Waals surface area (Å²) in [5.41, 5.74) is 3.60. The van der Waals surface area contributed by atoms with Crippen LogP contribution in [-0.4, -0.2) is 38.4 Å². The topological polar surface area (TPSA) is 72.8 Å². The number of aryl methyl sites for hydroxylation is 1. The van der Waals surface area contributed by atoms with Gasteiger partial charge in [-0.2, -0.15) is 0 Å². The molecule has 6 nitrogen and oxygen atoms in total. The molecule has 146 valence electrons. The molecule has 0 unspecified atom stereocenters. The van der Waals surface area contributed by atoms with Crippen LogP contribution in [0.25, 0.3) is 17.1 Å². The number of methoxy groups -OCH3 is 1. The first kappa shape index (κ1) is 19.0. The van der Waals surface area contributed by atoms with Gasteiger partial charge < -0.3 is 9.72 Å². The Labute approximate surface area is 172 Å². The van der Waals surface area contributed by atoms with Crippen LogP contribution in [0.1, 0.15) is 16.1 Å². The molecule has 0 spiro atoms. The van der Waals surface area contributed by atoms with E-state index in [4.69, 9.17) is 4.74 Å². The fourth-order valence-corrected chi connectivity index (χ4v) is 3.85. The number of H-pyrrole nitrogens is 1. The largest absolute Gasteiger partial charge is 0.497 e. The number of nitrogens with zero attached hydrogens (tertiary/aromatic N) is 3. The van der Waals surface area contributed by atoms with Crippen molar-refractivity contribution in [2.75, 3.05) is 12.9 Å². The summed E-state index contributed by atoms with van der Waals surface area (Å²) >= 11 is 1.37. The third kappa shape index (κ3) is 4.09. The van der Waals surface area contributed by atoms with E-state index in [0.717, 1.165) is 28.4 Å². The lowest BCUT2D eigenvalue weighted by molar-refractivity contribution is 0.101. The van der Waals surface area contributed by atoms with Crippen molar-refractivity contribution < 1.29 is 9.53 Å². The molecular formula is C22H20N4O2S. The number of rotatable bonds is 7. The summed E-state index contributed by atoms with van der Waals surface area (Å²) in [6.45, 7) is 2.04. The van der Waals surface area contributed by atoms with Crippen LogP contribution >= 0.6 is 11.8 Å². The number of hydrogen-bond acceptors (Lipinski definition) is 5. The molecule has 2 heterocycles. The minimum Gasteiger partial charge on any atom is -0.497 e.